The monoisotopic (exact) mass is 127 g/mol. The molecule has 0 unspecified atom stereocenters. The predicted molar refractivity (Wildman–Crippen MR) is 31.8 cm³/mol. The summed E-state index contributed by atoms with van der Waals surface area (Å²) in [4.78, 5) is 0. The molecule has 0 saturated carbocycles. The van der Waals surface area contributed by atoms with Crippen LogP contribution in [0.25, 0.3) is 0 Å². The highest BCUT2D eigenvalue weighted by atomic mass is 16.6. The van der Waals surface area contributed by atoms with Crippen LogP contribution in [-0.4, -0.2) is 17.4 Å². The van der Waals surface area contributed by atoms with Gasteiger partial charge >= 0.3 is 0 Å². The Labute approximate surface area is 53.2 Å². The summed E-state index contributed by atoms with van der Waals surface area (Å²) in [7, 11) is 1.86. The highest BCUT2D eigenvalue weighted by molar-refractivity contribution is 5.03. The normalized spacial score (nSPS) is 10.0. The van der Waals surface area contributed by atoms with E-state index in [1.54, 1.807) is 0 Å². The van der Waals surface area contributed by atoms with Gasteiger partial charge in [-0.2, -0.15) is 0 Å². The second kappa shape index (κ2) is 2.59. The molecule has 4 nitrogen and oxygen atoms in total. The minimum atomic E-state index is 0.718. The topological polar surface area (TPSA) is 51.0 Å². The van der Waals surface area contributed by atoms with Crippen LogP contribution >= 0.6 is 0 Å². The number of aromatic nitrogens is 2. The first-order valence-corrected chi connectivity index (χ1v) is 2.77. The predicted octanol–water partition coefficient (Wildman–Crippen LogP) is 0.0974. The lowest BCUT2D eigenvalue weighted by Crippen LogP contribution is -2.06. The molecule has 0 saturated heterocycles. The lowest BCUT2D eigenvalue weighted by atomic mass is 10.3. The molecular formula is C5H9N3O. The Morgan fingerprint density at radius 3 is 2.78 bits per heavy atom. The summed E-state index contributed by atoms with van der Waals surface area (Å²) >= 11 is 0. The van der Waals surface area contributed by atoms with Crippen LogP contribution in [0.5, 0.6) is 0 Å². The highest BCUT2D eigenvalue weighted by Crippen LogP contribution is 1.97. The second-order valence-electron chi connectivity index (χ2n) is 1.83. The summed E-state index contributed by atoms with van der Waals surface area (Å²) < 4.78 is 4.46. The number of nitrogens with one attached hydrogen (secondary N) is 1. The van der Waals surface area contributed by atoms with Crippen molar-refractivity contribution in [1.29, 1.82) is 0 Å². The maximum Gasteiger partial charge on any atom is 0.121 e. The molecule has 50 valence electrons. The summed E-state index contributed by atoms with van der Waals surface area (Å²) in [5.41, 5.74) is 1.72. The van der Waals surface area contributed by atoms with E-state index in [1.807, 2.05) is 14.0 Å². The first-order valence-electron chi connectivity index (χ1n) is 2.77. The van der Waals surface area contributed by atoms with Crippen molar-refractivity contribution >= 4 is 0 Å². The standard InChI is InChI=1S/C5H9N3O/c1-4-5(3-6-2)8-9-7-4/h6H,3H2,1-2H3. The van der Waals surface area contributed by atoms with Crippen molar-refractivity contribution in [2.45, 2.75) is 13.5 Å². The molecule has 0 radical (unpaired) electrons. The zero-order valence-corrected chi connectivity index (χ0v) is 5.51. The molecule has 9 heavy (non-hydrogen) atoms. The van der Waals surface area contributed by atoms with Gasteiger partial charge in [-0.15, -0.1) is 0 Å². The lowest BCUT2D eigenvalue weighted by Gasteiger charge is -1.89. The molecule has 0 aliphatic heterocycles. The van der Waals surface area contributed by atoms with E-state index in [4.69, 9.17) is 0 Å². The zero-order chi connectivity index (χ0) is 6.69. The summed E-state index contributed by atoms with van der Waals surface area (Å²) in [5, 5.41) is 10.2. The molecular weight excluding hydrogens is 118 g/mol. The van der Waals surface area contributed by atoms with Crippen LogP contribution in [0.1, 0.15) is 11.4 Å². The van der Waals surface area contributed by atoms with Crippen LogP contribution in [0.4, 0.5) is 0 Å². The van der Waals surface area contributed by atoms with Crippen LogP contribution in [0.2, 0.25) is 0 Å². The van der Waals surface area contributed by atoms with Crippen LogP contribution in [0.15, 0.2) is 4.63 Å². The molecule has 1 rings (SSSR count). The fourth-order valence-corrected chi connectivity index (χ4v) is 0.577. The average molecular weight is 127 g/mol. The van der Waals surface area contributed by atoms with Crippen molar-refractivity contribution in [2.75, 3.05) is 7.05 Å². The number of nitrogens with zero attached hydrogens (tertiary/aromatic N) is 2. The third kappa shape index (κ3) is 1.26. The Kier molecular flexibility index (Phi) is 1.79. The molecule has 0 spiro atoms. The maximum atomic E-state index is 4.46. The summed E-state index contributed by atoms with van der Waals surface area (Å²) in [6.07, 6.45) is 0. The van der Waals surface area contributed by atoms with Gasteiger partial charge in [0.05, 0.1) is 0 Å². The Balaban J connectivity index is 2.69. The van der Waals surface area contributed by atoms with E-state index in [0.29, 0.717) is 0 Å². The van der Waals surface area contributed by atoms with Gasteiger partial charge in [-0.05, 0) is 14.0 Å². The molecule has 0 aromatic carbocycles. The van der Waals surface area contributed by atoms with Crippen molar-refractivity contribution in [3.63, 3.8) is 0 Å². The average Bonchev–Trinajstić information content (AvgIpc) is 2.18. The third-order valence-corrected chi connectivity index (χ3v) is 1.09. The van der Waals surface area contributed by atoms with Crippen molar-refractivity contribution in [2.24, 2.45) is 0 Å². The number of hydrogen-bond acceptors (Lipinski definition) is 4. The molecule has 4 heteroatoms. The van der Waals surface area contributed by atoms with Gasteiger partial charge in [0.1, 0.15) is 11.4 Å². The minimum absolute atomic E-state index is 0.718. The van der Waals surface area contributed by atoms with Crippen molar-refractivity contribution in [3.05, 3.63) is 11.4 Å². The molecule has 1 aromatic rings. The van der Waals surface area contributed by atoms with Gasteiger partial charge in [0.25, 0.3) is 0 Å². The van der Waals surface area contributed by atoms with Crippen LogP contribution in [0, 0.1) is 6.92 Å². The van der Waals surface area contributed by atoms with Crippen molar-refractivity contribution in [3.8, 4) is 0 Å². The van der Waals surface area contributed by atoms with E-state index >= 15 is 0 Å². The van der Waals surface area contributed by atoms with Gasteiger partial charge in [-0.1, -0.05) is 10.3 Å². The first-order chi connectivity index (χ1) is 4.34. The van der Waals surface area contributed by atoms with Crippen molar-refractivity contribution in [1.82, 2.24) is 15.6 Å². The smallest absolute Gasteiger partial charge is 0.121 e. The van der Waals surface area contributed by atoms with Gasteiger partial charge in [0.2, 0.25) is 0 Å². The van der Waals surface area contributed by atoms with E-state index in [2.05, 4.69) is 20.3 Å². The molecule has 0 amide bonds. The van der Waals surface area contributed by atoms with E-state index in [-0.39, 0.29) is 0 Å². The van der Waals surface area contributed by atoms with E-state index in [0.717, 1.165) is 17.9 Å². The largest absolute Gasteiger partial charge is 0.314 e. The van der Waals surface area contributed by atoms with E-state index in [9.17, 15) is 0 Å². The molecule has 0 aliphatic rings. The molecule has 1 aromatic heterocycles. The van der Waals surface area contributed by atoms with Crippen molar-refractivity contribution < 1.29 is 4.63 Å². The first kappa shape index (κ1) is 6.22. The second-order valence-corrected chi connectivity index (χ2v) is 1.83. The molecule has 0 atom stereocenters. The van der Waals surface area contributed by atoms with Gasteiger partial charge in [0, 0.05) is 6.54 Å². The van der Waals surface area contributed by atoms with Gasteiger partial charge in [-0.25, -0.2) is 4.63 Å². The van der Waals surface area contributed by atoms with Gasteiger partial charge in [-0.3, -0.25) is 0 Å². The minimum Gasteiger partial charge on any atom is -0.314 e. The quantitative estimate of drug-likeness (QED) is 0.612. The molecule has 0 aliphatic carbocycles. The number of rotatable bonds is 2. The molecule has 1 N–H and O–H groups in total. The zero-order valence-electron chi connectivity index (χ0n) is 5.51. The lowest BCUT2D eigenvalue weighted by molar-refractivity contribution is 0.300. The maximum absolute atomic E-state index is 4.46. The Morgan fingerprint density at radius 1 is 1.56 bits per heavy atom. The van der Waals surface area contributed by atoms with Crippen LogP contribution in [-0.2, 0) is 6.54 Å². The molecule has 0 fully saturated rings. The molecule has 0 bridgehead atoms. The Hall–Kier alpha value is -0.900. The third-order valence-electron chi connectivity index (χ3n) is 1.09. The SMILES string of the molecule is CNCc1nonc1C. The summed E-state index contributed by atoms with van der Waals surface area (Å²) in [5.74, 6) is 0. The van der Waals surface area contributed by atoms with E-state index in [1.165, 1.54) is 0 Å². The summed E-state index contributed by atoms with van der Waals surface area (Å²) in [6, 6.07) is 0. The van der Waals surface area contributed by atoms with Crippen LogP contribution < -0.4 is 5.32 Å². The van der Waals surface area contributed by atoms with Gasteiger partial charge in [0.15, 0.2) is 0 Å². The fraction of sp³-hybridized carbons (Fsp3) is 0.600. The highest BCUT2D eigenvalue weighted by Gasteiger charge is 2.00. The Morgan fingerprint density at radius 2 is 2.33 bits per heavy atom. The Bertz CT molecular complexity index is 184. The fourth-order valence-electron chi connectivity index (χ4n) is 0.577. The van der Waals surface area contributed by atoms with Gasteiger partial charge < -0.3 is 5.32 Å². The number of aryl methyl sites for hydroxylation is 1. The molecule has 1 heterocycles. The summed E-state index contributed by atoms with van der Waals surface area (Å²) in [6.45, 7) is 2.58. The van der Waals surface area contributed by atoms with Crippen LogP contribution in [0.3, 0.4) is 0 Å². The number of hydrogen-bond donors (Lipinski definition) is 1. The van der Waals surface area contributed by atoms with E-state index < -0.39 is 0 Å².